The third kappa shape index (κ3) is 5.86. The number of ether oxygens (including phenoxy) is 3. The van der Waals surface area contributed by atoms with Gasteiger partial charge < -0.3 is 14.2 Å². The number of nitrogens with zero attached hydrogens (tertiary/aromatic N) is 1. The lowest BCUT2D eigenvalue weighted by Gasteiger charge is -2.10. The van der Waals surface area contributed by atoms with Crippen LogP contribution in [0.15, 0.2) is 58.6 Å². The Balaban J connectivity index is 2.02. The van der Waals surface area contributed by atoms with Crippen LogP contribution in [0.25, 0.3) is 0 Å². The fourth-order valence-corrected chi connectivity index (χ4v) is 2.69. The fourth-order valence-electron chi connectivity index (χ4n) is 2.18. The monoisotopic (exact) mass is 432 g/mol. The van der Waals surface area contributed by atoms with Crippen molar-refractivity contribution in [2.24, 2.45) is 5.10 Å². The molecule has 0 heterocycles. The van der Waals surface area contributed by atoms with Crippen molar-refractivity contribution in [2.75, 3.05) is 20.3 Å². The van der Waals surface area contributed by atoms with Crippen LogP contribution in [0.2, 0.25) is 0 Å². The summed E-state index contributed by atoms with van der Waals surface area (Å²) in [5, 5.41) is 3.99. The molecule has 6 nitrogen and oxygen atoms in total. The van der Waals surface area contributed by atoms with Crippen LogP contribution < -0.4 is 19.6 Å². The van der Waals surface area contributed by atoms with Gasteiger partial charge in [-0.1, -0.05) is 12.7 Å². The van der Waals surface area contributed by atoms with Gasteiger partial charge in [0, 0.05) is 5.56 Å². The summed E-state index contributed by atoms with van der Waals surface area (Å²) < 4.78 is 17.0. The first kappa shape index (κ1) is 20.5. The van der Waals surface area contributed by atoms with Gasteiger partial charge in [0.25, 0.3) is 5.91 Å². The number of amides is 1. The number of carbonyl (C=O) groups is 1. The molecule has 1 N–H and O–H groups in total. The zero-order valence-corrected chi connectivity index (χ0v) is 16.8. The van der Waals surface area contributed by atoms with Crippen LogP contribution in [0.1, 0.15) is 22.8 Å². The first-order chi connectivity index (χ1) is 13.1. The Kier molecular flexibility index (Phi) is 7.88. The number of nitrogens with one attached hydrogen (secondary N) is 1. The lowest BCUT2D eigenvalue weighted by atomic mass is 10.2. The van der Waals surface area contributed by atoms with Crippen molar-refractivity contribution in [1.29, 1.82) is 0 Å². The van der Waals surface area contributed by atoms with Gasteiger partial charge in [-0.25, -0.2) is 5.43 Å². The molecule has 142 valence electrons. The van der Waals surface area contributed by atoms with Gasteiger partial charge in [0.15, 0.2) is 11.5 Å². The van der Waals surface area contributed by atoms with Crippen molar-refractivity contribution in [2.45, 2.75) is 6.92 Å². The van der Waals surface area contributed by atoms with Gasteiger partial charge in [-0.3, -0.25) is 4.79 Å². The van der Waals surface area contributed by atoms with Crippen LogP contribution >= 0.6 is 15.9 Å². The van der Waals surface area contributed by atoms with Crippen LogP contribution in [-0.4, -0.2) is 32.4 Å². The lowest BCUT2D eigenvalue weighted by molar-refractivity contribution is 0.0954. The Morgan fingerprint density at radius 3 is 2.63 bits per heavy atom. The zero-order valence-electron chi connectivity index (χ0n) is 15.2. The summed E-state index contributed by atoms with van der Waals surface area (Å²) in [7, 11) is 1.53. The second kappa shape index (κ2) is 10.4. The van der Waals surface area contributed by atoms with Crippen molar-refractivity contribution in [3.8, 4) is 17.2 Å². The third-order valence-electron chi connectivity index (χ3n) is 3.42. The van der Waals surface area contributed by atoms with E-state index in [1.165, 1.54) is 7.11 Å². The quantitative estimate of drug-likeness (QED) is 0.366. The zero-order chi connectivity index (χ0) is 19.6. The summed E-state index contributed by atoms with van der Waals surface area (Å²) in [6.07, 6.45) is 3.22. The molecule has 0 radical (unpaired) electrons. The van der Waals surface area contributed by atoms with Crippen molar-refractivity contribution in [1.82, 2.24) is 5.43 Å². The van der Waals surface area contributed by atoms with E-state index in [4.69, 9.17) is 14.2 Å². The van der Waals surface area contributed by atoms with E-state index >= 15 is 0 Å². The largest absolute Gasteiger partial charge is 0.493 e. The molecule has 7 heteroatoms. The van der Waals surface area contributed by atoms with Crippen LogP contribution in [-0.2, 0) is 0 Å². The van der Waals surface area contributed by atoms with Crippen LogP contribution in [0, 0.1) is 0 Å². The van der Waals surface area contributed by atoms with Gasteiger partial charge in [0.2, 0.25) is 0 Å². The fraction of sp³-hybridized carbons (Fsp3) is 0.200. The summed E-state index contributed by atoms with van der Waals surface area (Å²) in [4.78, 5) is 12.3. The molecule has 0 saturated heterocycles. The second-order valence-corrected chi connectivity index (χ2v) is 6.14. The van der Waals surface area contributed by atoms with Crippen molar-refractivity contribution in [3.05, 3.63) is 64.7 Å². The summed E-state index contributed by atoms with van der Waals surface area (Å²) in [6.45, 7) is 6.43. The minimum atomic E-state index is -0.349. The number of halogens is 1. The minimum absolute atomic E-state index is 0.349. The van der Waals surface area contributed by atoms with Gasteiger partial charge in [0.1, 0.15) is 12.4 Å². The Morgan fingerprint density at radius 1 is 1.19 bits per heavy atom. The van der Waals surface area contributed by atoms with Gasteiger partial charge in [0.05, 0.1) is 24.4 Å². The van der Waals surface area contributed by atoms with E-state index in [-0.39, 0.29) is 5.91 Å². The number of carbonyl (C=O) groups excluding carboxylic acids is 1. The predicted molar refractivity (Wildman–Crippen MR) is 109 cm³/mol. The normalized spacial score (nSPS) is 10.5. The highest BCUT2D eigenvalue weighted by molar-refractivity contribution is 9.10. The maximum Gasteiger partial charge on any atom is 0.271 e. The van der Waals surface area contributed by atoms with Crippen molar-refractivity contribution in [3.63, 3.8) is 0 Å². The van der Waals surface area contributed by atoms with E-state index in [0.29, 0.717) is 36.0 Å². The Bertz CT molecular complexity index is 837. The molecule has 0 spiro atoms. The molecular weight excluding hydrogens is 412 g/mol. The number of methoxy groups -OCH3 is 1. The van der Waals surface area contributed by atoms with E-state index in [9.17, 15) is 4.79 Å². The number of rotatable bonds is 9. The first-order valence-electron chi connectivity index (χ1n) is 8.26. The maximum absolute atomic E-state index is 12.3. The summed E-state index contributed by atoms with van der Waals surface area (Å²) in [6, 6.07) is 10.4. The molecule has 2 rings (SSSR count). The molecular formula is C20H21BrN2O4. The lowest BCUT2D eigenvalue weighted by Crippen LogP contribution is -2.17. The average molecular weight is 433 g/mol. The predicted octanol–water partition coefficient (Wildman–Crippen LogP) is 4.19. The molecule has 0 aromatic heterocycles. The number of hydrogen-bond acceptors (Lipinski definition) is 5. The second-order valence-electron chi connectivity index (χ2n) is 5.29. The molecule has 0 bridgehead atoms. The van der Waals surface area contributed by atoms with E-state index in [1.807, 2.05) is 25.1 Å². The van der Waals surface area contributed by atoms with E-state index in [0.717, 1.165) is 10.0 Å². The third-order valence-corrected chi connectivity index (χ3v) is 4.04. The molecule has 27 heavy (non-hydrogen) atoms. The van der Waals surface area contributed by atoms with Crippen LogP contribution in [0.4, 0.5) is 0 Å². The molecule has 0 atom stereocenters. The van der Waals surface area contributed by atoms with Gasteiger partial charge in [-0.05, 0) is 64.8 Å². The molecule has 0 aliphatic rings. The molecule has 2 aromatic rings. The van der Waals surface area contributed by atoms with Crippen LogP contribution in [0.3, 0.4) is 0 Å². The highest BCUT2D eigenvalue weighted by Gasteiger charge is 2.10. The smallest absolute Gasteiger partial charge is 0.271 e. The van der Waals surface area contributed by atoms with Gasteiger partial charge >= 0.3 is 0 Å². The molecule has 0 fully saturated rings. The number of benzene rings is 2. The Hall–Kier alpha value is -2.80. The average Bonchev–Trinajstić information content (AvgIpc) is 2.67. The topological polar surface area (TPSA) is 69.2 Å². The Morgan fingerprint density at radius 2 is 1.96 bits per heavy atom. The molecule has 0 saturated carbocycles. The Labute approximate surface area is 167 Å². The van der Waals surface area contributed by atoms with E-state index in [2.05, 4.69) is 33.0 Å². The molecule has 0 unspecified atom stereocenters. The number of hydrogen-bond donors (Lipinski definition) is 1. The first-order valence-corrected chi connectivity index (χ1v) is 9.05. The highest BCUT2D eigenvalue weighted by Crippen LogP contribution is 2.28. The van der Waals surface area contributed by atoms with E-state index in [1.54, 1.807) is 30.5 Å². The summed E-state index contributed by atoms with van der Waals surface area (Å²) in [5.41, 5.74) is 3.71. The SMILES string of the molecule is C=CCOc1ccc(/C=N/NC(=O)c2ccc(OCC)c(OC)c2)cc1Br. The number of hydrazone groups is 1. The summed E-state index contributed by atoms with van der Waals surface area (Å²) >= 11 is 3.44. The molecule has 1 amide bonds. The minimum Gasteiger partial charge on any atom is -0.493 e. The van der Waals surface area contributed by atoms with Crippen molar-refractivity contribution >= 4 is 28.1 Å². The van der Waals surface area contributed by atoms with E-state index < -0.39 is 0 Å². The summed E-state index contributed by atoms with van der Waals surface area (Å²) in [5.74, 6) is 1.44. The maximum atomic E-state index is 12.3. The van der Waals surface area contributed by atoms with Crippen molar-refractivity contribution < 1.29 is 19.0 Å². The van der Waals surface area contributed by atoms with Gasteiger partial charge in [-0.2, -0.15) is 5.10 Å². The highest BCUT2D eigenvalue weighted by atomic mass is 79.9. The molecule has 2 aromatic carbocycles. The van der Waals surface area contributed by atoms with Crippen LogP contribution in [0.5, 0.6) is 17.2 Å². The van der Waals surface area contributed by atoms with Gasteiger partial charge in [-0.15, -0.1) is 0 Å². The standard InChI is InChI=1S/C20H21BrN2O4/c1-4-10-27-17-8-6-14(11-16(17)21)13-22-23-20(24)15-7-9-18(26-5-2)19(12-15)25-3/h4,6-9,11-13H,1,5,10H2,2-3H3,(H,23,24)/b22-13+. The molecule has 0 aliphatic carbocycles. The molecule has 0 aliphatic heterocycles.